The van der Waals surface area contributed by atoms with Gasteiger partial charge < -0.3 is 5.01 Å². The predicted octanol–water partition coefficient (Wildman–Crippen LogP) is 5.23. The Balaban J connectivity index is 2.22. The van der Waals surface area contributed by atoms with Crippen molar-refractivity contribution in [3.63, 3.8) is 0 Å². The summed E-state index contributed by atoms with van der Waals surface area (Å²) in [6.07, 6.45) is 0. The van der Waals surface area contributed by atoms with Crippen molar-refractivity contribution in [1.29, 1.82) is 0 Å². The van der Waals surface area contributed by atoms with Gasteiger partial charge in [0.05, 0.1) is 11.2 Å². The van der Waals surface area contributed by atoms with E-state index in [1.165, 1.54) is 38.9 Å². The molecule has 0 amide bonds. The summed E-state index contributed by atoms with van der Waals surface area (Å²) in [4.78, 5) is 0. The van der Waals surface area contributed by atoms with Crippen molar-refractivity contribution in [2.45, 2.75) is 40.0 Å². The van der Waals surface area contributed by atoms with Gasteiger partial charge >= 0.3 is 0 Å². The molecule has 0 N–H and O–H groups in total. The van der Waals surface area contributed by atoms with Gasteiger partial charge in [0.25, 0.3) is 0 Å². The Labute approximate surface area is 144 Å². The monoisotopic (exact) mass is 318 g/mol. The molecule has 2 heteroatoms. The van der Waals surface area contributed by atoms with Gasteiger partial charge in [-0.25, -0.2) is 0 Å². The number of aryl methyl sites for hydroxylation is 1. The lowest BCUT2D eigenvalue weighted by Gasteiger charge is -2.27. The second kappa shape index (κ2) is 5.14. The molecule has 1 heterocycles. The number of aromatic nitrogens is 1. The molecule has 1 aromatic heterocycles. The molecule has 1 aliphatic carbocycles. The fourth-order valence-electron chi connectivity index (χ4n) is 4.53. The van der Waals surface area contributed by atoms with Crippen LogP contribution in [0.3, 0.4) is 0 Å². The molecule has 2 aromatic carbocycles. The fraction of sp³-hybridized carbons (Fsp3) is 0.364. The van der Waals surface area contributed by atoms with Crippen LogP contribution in [-0.2, 0) is 5.41 Å². The van der Waals surface area contributed by atoms with Crippen LogP contribution in [0.15, 0.2) is 42.5 Å². The highest BCUT2D eigenvalue weighted by Gasteiger charge is 2.41. The molecule has 0 radical (unpaired) electrons. The second-order valence-corrected chi connectivity index (χ2v) is 7.32. The van der Waals surface area contributed by atoms with E-state index in [1.54, 1.807) is 0 Å². The van der Waals surface area contributed by atoms with Crippen LogP contribution in [0.2, 0.25) is 0 Å². The van der Waals surface area contributed by atoms with Gasteiger partial charge in [0.15, 0.2) is 0 Å². The third-order valence-corrected chi connectivity index (χ3v) is 5.66. The quantitative estimate of drug-likeness (QED) is 0.641. The van der Waals surface area contributed by atoms with Gasteiger partial charge in [0, 0.05) is 29.5 Å². The van der Waals surface area contributed by atoms with Crippen LogP contribution >= 0.6 is 0 Å². The first-order chi connectivity index (χ1) is 11.5. The van der Waals surface area contributed by atoms with Crippen LogP contribution < -0.4 is 5.01 Å². The minimum Gasteiger partial charge on any atom is -0.313 e. The minimum absolute atomic E-state index is 0.0381. The van der Waals surface area contributed by atoms with E-state index in [1.807, 2.05) is 0 Å². The summed E-state index contributed by atoms with van der Waals surface area (Å²) in [7, 11) is 0. The predicted molar refractivity (Wildman–Crippen MR) is 104 cm³/mol. The second-order valence-electron chi connectivity index (χ2n) is 7.32. The Bertz CT molecular complexity index is 927. The summed E-state index contributed by atoms with van der Waals surface area (Å²) in [5, 5.41) is 3.85. The lowest BCUT2D eigenvalue weighted by Crippen LogP contribution is -2.34. The molecule has 0 unspecified atom stereocenters. The highest BCUT2D eigenvalue weighted by Crippen LogP contribution is 2.53. The van der Waals surface area contributed by atoms with Gasteiger partial charge in [0.2, 0.25) is 0 Å². The Morgan fingerprint density at radius 2 is 1.67 bits per heavy atom. The van der Waals surface area contributed by atoms with E-state index >= 15 is 0 Å². The molecule has 124 valence electrons. The van der Waals surface area contributed by atoms with E-state index in [9.17, 15) is 0 Å². The van der Waals surface area contributed by atoms with Gasteiger partial charge in [-0.05, 0) is 37.5 Å². The molecule has 3 aromatic rings. The Hall–Kier alpha value is -2.22. The van der Waals surface area contributed by atoms with Crippen LogP contribution in [-0.4, -0.2) is 17.8 Å². The third-order valence-electron chi connectivity index (χ3n) is 5.66. The highest BCUT2D eigenvalue weighted by atomic mass is 15.5. The number of rotatable bonds is 3. The van der Waals surface area contributed by atoms with Crippen molar-refractivity contribution in [1.82, 2.24) is 4.68 Å². The zero-order chi connectivity index (χ0) is 17.1. The number of hydrogen-bond donors (Lipinski definition) is 0. The topological polar surface area (TPSA) is 8.17 Å². The molecule has 24 heavy (non-hydrogen) atoms. The molecule has 0 bridgehead atoms. The first-order valence-corrected chi connectivity index (χ1v) is 9.02. The number of benzene rings is 2. The standard InChI is InChI=1S/C22H26N2/c1-6-23(7-2)24-20-15(3)11-10-13-17(20)19-21(24)16-12-8-9-14-18(16)22(19,4)5/h8-14H,6-7H2,1-5H3. The average Bonchev–Trinajstić information content (AvgIpc) is 3.04. The molecule has 2 nitrogen and oxygen atoms in total. The summed E-state index contributed by atoms with van der Waals surface area (Å²) < 4.78 is 2.49. The van der Waals surface area contributed by atoms with Gasteiger partial charge in [-0.1, -0.05) is 56.3 Å². The zero-order valence-corrected chi connectivity index (χ0v) is 15.4. The Morgan fingerprint density at radius 1 is 0.958 bits per heavy atom. The first kappa shape index (κ1) is 15.3. The van der Waals surface area contributed by atoms with Crippen molar-refractivity contribution in [3.05, 3.63) is 59.2 Å². The summed E-state index contributed by atoms with van der Waals surface area (Å²) in [5.74, 6) is 0. The lowest BCUT2D eigenvalue weighted by atomic mass is 9.81. The van der Waals surface area contributed by atoms with Crippen LogP contribution in [0.1, 0.15) is 44.4 Å². The summed E-state index contributed by atoms with van der Waals surface area (Å²) in [6.45, 7) is 13.5. The van der Waals surface area contributed by atoms with E-state index < -0.39 is 0 Å². The summed E-state index contributed by atoms with van der Waals surface area (Å²) in [5.41, 5.74) is 8.46. The van der Waals surface area contributed by atoms with Crippen molar-refractivity contribution in [3.8, 4) is 11.3 Å². The maximum Gasteiger partial charge on any atom is 0.0752 e. The minimum atomic E-state index is 0.0381. The van der Waals surface area contributed by atoms with Crippen molar-refractivity contribution >= 4 is 10.9 Å². The van der Waals surface area contributed by atoms with E-state index in [2.05, 4.69) is 86.8 Å². The number of nitrogens with zero attached hydrogens (tertiary/aromatic N) is 2. The van der Waals surface area contributed by atoms with E-state index in [4.69, 9.17) is 0 Å². The average molecular weight is 318 g/mol. The Morgan fingerprint density at radius 3 is 2.38 bits per heavy atom. The largest absolute Gasteiger partial charge is 0.313 e. The molecule has 0 saturated heterocycles. The molecule has 1 aliphatic rings. The highest BCUT2D eigenvalue weighted by molar-refractivity contribution is 5.99. The molecular formula is C22H26N2. The molecule has 4 rings (SSSR count). The third kappa shape index (κ3) is 1.77. The van der Waals surface area contributed by atoms with Crippen molar-refractivity contribution in [2.75, 3.05) is 18.1 Å². The van der Waals surface area contributed by atoms with Crippen LogP contribution in [0.4, 0.5) is 0 Å². The number of hydrogen-bond acceptors (Lipinski definition) is 1. The molecular weight excluding hydrogens is 292 g/mol. The molecule has 0 saturated carbocycles. The summed E-state index contributed by atoms with van der Waals surface area (Å²) >= 11 is 0. The number of para-hydroxylation sites is 1. The number of fused-ring (bicyclic) bond motifs is 5. The van der Waals surface area contributed by atoms with Crippen molar-refractivity contribution < 1.29 is 0 Å². The lowest BCUT2D eigenvalue weighted by molar-refractivity contribution is 0.637. The van der Waals surface area contributed by atoms with E-state index in [-0.39, 0.29) is 5.41 Å². The van der Waals surface area contributed by atoms with Gasteiger partial charge in [0.1, 0.15) is 0 Å². The first-order valence-electron chi connectivity index (χ1n) is 9.02. The maximum absolute atomic E-state index is 2.49. The van der Waals surface area contributed by atoms with E-state index in [0.29, 0.717) is 0 Å². The van der Waals surface area contributed by atoms with Crippen LogP contribution in [0, 0.1) is 6.92 Å². The Kier molecular flexibility index (Phi) is 3.28. The van der Waals surface area contributed by atoms with Crippen molar-refractivity contribution in [2.24, 2.45) is 0 Å². The normalized spacial score (nSPS) is 14.7. The molecule has 0 fully saturated rings. The maximum atomic E-state index is 2.49. The molecule has 0 aliphatic heterocycles. The van der Waals surface area contributed by atoms with Gasteiger partial charge in [-0.15, -0.1) is 0 Å². The smallest absolute Gasteiger partial charge is 0.0752 e. The zero-order valence-electron chi connectivity index (χ0n) is 15.4. The van der Waals surface area contributed by atoms with Crippen LogP contribution in [0.25, 0.3) is 22.2 Å². The van der Waals surface area contributed by atoms with Gasteiger partial charge in [-0.2, -0.15) is 0 Å². The SMILES string of the molecule is CCN(CC)n1c2c(c3cccc(C)c31)C(C)(C)c1ccccc1-2. The fourth-order valence-corrected chi connectivity index (χ4v) is 4.53. The molecule has 0 spiro atoms. The molecule has 0 atom stereocenters. The van der Waals surface area contributed by atoms with Crippen LogP contribution in [0.5, 0.6) is 0 Å². The van der Waals surface area contributed by atoms with E-state index in [0.717, 1.165) is 13.1 Å². The summed E-state index contributed by atoms with van der Waals surface area (Å²) in [6, 6.07) is 15.7. The van der Waals surface area contributed by atoms with Gasteiger partial charge in [-0.3, -0.25) is 4.68 Å².